The van der Waals surface area contributed by atoms with Crippen LogP contribution in [0.2, 0.25) is 0 Å². The van der Waals surface area contributed by atoms with E-state index in [1.54, 1.807) is 0 Å². The predicted octanol–water partition coefficient (Wildman–Crippen LogP) is -0.508. The highest BCUT2D eigenvalue weighted by atomic mass is 15.1. The van der Waals surface area contributed by atoms with Crippen molar-refractivity contribution in [2.75, 3.05) is 26.3 Å². The molecule has 0 heterocycles. The molecule has 0 aliphatic heterocycles. The van der Waals surface area contributed by atoms with Gasteiger partial charge < -0.3 is 16.4 Å². The smallest absolute Gasteiger partial charge is 0.0454 e. The lowest BCUT2D eigenvalue weighted by atomic mass is 10.5. The Bertz CT molecular complexity index is 41.6. The van der Waals surface area contributed by atoms with E-state index < -0.39 is 0 Å². The highest BCUT2D eigenvalue weighted by Gasteiger charge is 1.81. The van der Waals surface area contributed by atoms with Gasteiger partial charge in [-0.25, -0.2) is 0 Å². The van der Waals surface area contributed by atoms with Crippen molar-refractivity contribution >= 4 is 0 Å². The van der Waals surface area contributed by atoms with Crippen LogP contribution in [0, 0.1) is 0 Å². The zero-order valence-electron chi connectivity index (χ0n) is 6.11. The molecule has 9 heavy (non-hydrogen) atoms. The van der Waals surface area contributed by atoms with Crippen molar-refractivity contribution in [2.45, 2.75) is 13.3 Å². The number of rotatable bonds is 6. The molecule has 0 saturated heterocycles. The van der Waals surface area contributed by atoms with E-state index in [0.29, 0.717) is 6.54 Å². The fourth-order valence-electron chi connectivity index (χ4n) is 0.544. The van der Waals surface area contributed by atoms with Gasteiger partial charge in [0.25, 0.3) is 0 Å². The standard InChI is InChI=1S/C6H17N3/c1-2-4-8-6-9-5-3-7/h8-9H,2-7H2,1H3. The molecule has 3 nitrogen and oxygen atoms in total. The Hall–Kier alpha value is -0.120. The molecule has 0 rings (SSSR count). The summed E-state index contributed by atoms with van der Waals surface area (Å²) in [7, 11) is 0. The minimum atomic E-state index is 0.716. The van der Waals surface area contributed by atoms with Crippen LogP contribution in [0.5, 0.6) is 0 Å². The molecule has 0 amide bonds. The van der Waals surface area contributed by atoms with Gasteiger partial charge in [0, 0.05) is 19.8 Å². The van der Waals surface area contributed by atoms with Crippen molar-refractivity contribution in [3.05, 3.63) is 0 Å². The Labute approximate surface area is 57.0 Å². The maximum atomic E-state index is 5.25. The van der Waals surface area contributed by atoms with Crippen LogP contribution >= 0.6 is 0 Å². The Morgan fingerprint density at radius 1 is 1.22 bits per heavy atom. The quantitative estimate of drug-likeness (QED) is 0.336. The molecule has 0 saturated carbocycles. The van der Waals surface area contributed by atoms with E-state index in [9.17, 15) is 0 Å². The average molecular weight is 131 g/mol. The first-order valence-corrected chi connectivity index (χ1v) is 3.53. The van der Waals surface area contributed by atoms with Gasteiger partial charge in [-0.3, -0.25) is 0 Å². The maximum Gasteiger partial charge on any atom is 0.0454 e. The fourth-order valence-corrected chi connectivity index (χ4v) is 0.544. The lowest BCUT2D eigenvalue weighted by Crippen LogP contribution is -2.32. The lowest BCUT2D eigenvalue weighted by molar-refractivity contribution is 0.583. The first kappa shape index (κ1) is 8.88. The van der Waals surface area contributed by atoms with Gasteiger partial charge in [-0.05, 0) is 13.0 Å². The Morgan fingerprint density at radius 2 is 1.89 bits per heavy atom. The Balaban J connectivity index is 2.60. The summed E-state index contributed by atoms with van der Waals surface area (Å²) in [6.45, 7) is 5.73. The Morgan fingerprint density at radius 3 is 2.44 bits per heavy atom. The molecular weight excluding hydrogens is 114 g/mol. The summed E-state index contributed by atoms with van der Waals surface area (Å²) < 4.78 is 0. The number of nitrogens with one attached hydrogen (secondary N) is 2. The van der Waals surface area contributed by atoms with Crippen LogP contribution in [0.4, 0.5) is 0 Å². The molecule has 0 aliphatic carbocycles. The number of nitrogens with two attached hydrogens (primary N) is 1. The molecule has 3 heteroatoms. The summed E-state index contributed by atoms with van der Waals surface area (Å²) in [5.41, 5.74) is 5.25. The summed E-state index contributed by atoms with van der Waals surface area (Å²) in [6.07, 6.45) is 1.18. The summed E-state index contributed by atoms with van der Waals surface area (Å²) in [5, 5.41) is 6.34. The van der Waals surface area contributed by atoms with E-state index >= 15 is 0 Å². The van der Waals surface area contributed by atoms with Crippen molar-refractivity contribution in [1.82, 2.24) is 10.6 Å². The lowest BCUT2D eigenvalue weighted by Gasteiger charge is -2.02. The summed E-state index contributed by atoms with van der Waals surface area (Å²) in [5.74, 6) is 0. The molecule has 0 aromatic rings. The summed E-state index contributed by atoms with van der Waals surface area (Å²) >= 11 is 0. The molecule has 0 fully saturated rings. The molecule has 56 valence electrons. The third-order valence-electron chi connectivity index (χ3n) is 0.998. The van der Waals surface area contributed by atoms with E-state index in [1.807, 2.05) is 0 Å². The molecule has 0 radical (unpaired) electrons. The van der Waals surface area contributed by atoms with Crippen LogP contribution in [-0.2, 0) is 0 Å². The molecule has 0 spiro atoms. The Kier molecular flexibility index (Phi) is 7.77. The van der Waals surface area contributed by atoms with E-state index in [0.717, 1.165) is 19.8 Å². The van der Waals surface area contributed by atoms with Gasteiger partial charge in [0.1, 0.15) is 0 Å². The minimum absolute atomic E-state index is 0.716. The largest absolute Gasteiger partial charge is 0.329 e. The molecule has 0 aliphatic rings. The third kappa shape index (κ3) is 7.88. The second-order valence-corrected chi connectivity index (χ2v) is 1.97. The SMILES string of the molecule is CCCNCNCCN. The zero-order valence-corrected chi connectivity index (χ0v) is 6.11. The highest BCUT2D eigenvalue weighted by molar-refractivity contribution is 4.45. The second kappa shape index (κ2) is 7.88. The normalized spacial score (nSPS) is 10.0. The summed E-state index contributed by atoms with van der Waals surface area (Å²) in [4.78, 5) is 0. The van der Waals surface area contributed by atoms with Gasteiger partial charge >= 0.3 is 0 Å². The van der Waals surface area contributed by atoms with Crippen molar-refractivity contribution < 1.29 is 0 Å². The molecule has 0 aromatic carbocycles. The van der Waals surface area contributed by atoms with Crippen LogP contribution in [0.3, 0.4) is 0 Å². The predicted molar refractivity (Wildman–Crippen MR) is 40.2 cm³/mol. The topological polar surface area (TPSA) is 50.1 Å². The zero-order chi connectivity index (χ0) is 6.95. The number of hydrogen-bond donors (Lipinski definition) is 3. The third-order valence-corrected chi connectivity index (χ3v) is 0.998. The van der Waals surface area contributed by atoms with Crippen LogP contribution < -0.4 is 16.4 Å². The first-order chi connectivity index (χ1) is 4.41. The molecule has 0 aromatic heterocycles. The van der Waals surface area contributed by atoms with Gasteiger partial charge in [-0.2, -0.15) is 0 Å². The van der Waals surface area contributed by atoms with Gasteiger partial charge in [0.2, 0.25) is 0 Å². The minimum Gasteiger partial charge on any atom is -0.329 e. The van der Waals surface area contributed by atoms with Crippen molar-refractivity contribution in [1.29, 1.82) is 0 Å². The first-order valence-electron chi connectivity index (χ1n) is 3.53. The average Bonchev–Trinajstić information content (AvgIpc) is 1.89. The van der Waals surface area contributed by atoms with Crippen LogP contribution in [0.1, 0.15) is 13.3 Å². The van der Waals surface area contributed by atoms with E-state index in [4.69, 9.17) is 5.73 Å². The highest BCUT2D eigenvalue weighted by Crippen LogP contribution is 1.65. The molecule has 0 atom stereocenters. The van der Waals surface area contributed by atoms with Crippen molar-refractivity contribution in [2.24, 2.45) is 5.73 Å². The van der Waals surface area contributed by atoms with Crippen LogP contribution in [0.15, 0.2) is 0 Å². The molecule has 0 bridgehead atoms. The van der Waals surface area contributed by atoms with Gasteiger partial charge in [0.15, 0.2) is 0 Å². The van der Waals surface area contributed by atoms with Crippen LogP contribution in [0.25, 0.3) is 0 Å². The van der Waals surface area contributed by atoms with Gasteiger partial charge in [-0.1, -0.05) is 6.92 Å². The maximum absolute atomic E-state index is 5.25. The fraction of sp³-hybridized carbons (Fsp3) is 1.00. The second-order valence-electron chi connectivity index (χ2n) is 1.97. The van der Waals surface area contributed by atoms with E-state index in [-0.39, 0.29) is 0 Å². The van der Waals surface area contributed by atoms with E-state index in [1.165, 1.54) is 6.42 Å². The monoisotopic (exact) mass is 131 g/mol. The summed E-state index contributed by atoms with van der Waals surface area (Å²) in [6, 6.07) is 0. The van der Waals surface area contributed by atoms with Gasteiger partial charge in [-0.15, -0.1) is 0 Å². The van der Waals surface area contributed by atoms with Gasteiger partial charge in [0.05, 0.1) is 0 Å². The molecule has 4 N–H and O–H groups in total. The van der Waals surface area contributed by atoms with E-state index in [2.05, 4.69) is 17.6 Å². The molecule has 0 unspecified atom stereocenters. The van der Waals surface area contributed by atoms with Crippen LogP contribution in [-0.4, -0.2) is 26.3 Å². The van der Waals surface area contributed by atoms with Crippen molar-refractivity contribution in [3.8, 4) is 0 Å². The van der Waals surface area contributed by atoms with Crippen molar-refractivity contribution in [3.63, 3.8) is 0 Å². The number of hydrogen-bond acceptors (Lipinski definition) is 3. The molecular formula is C6H17N3.